The Balaban J connectivity index is 2.00. The van der Waals surface area contributed by atoms with Crippen LogP contribution in [0.1, 0.15) is 23.2 Å². The quantitative estimate of drug-likeness (QED) is 0.766. The second kappa shape index (κ2) is 7.75. The van der Waals surface area contributed by atoms with Gasteiger partial charge in [-0.05, 0) is 37.6 Å². The molecule has 1 aromatic heterocycles. The molecular weight excluding hydrogens is 296 g/mol. The van der Waals surface area contributed by atoms with Gasteiger partial charge >= 0.3 is 0 Å². The van der Waals surface area contributed by atoms with Gasteiger partial charge in [0.15, 0.2) is 0 Å². The normalized spacial score (nSPS) is 10.9. The molecule has 0 saturated heterocycles. The first-order valence-electron chi connectivity index (χ1n) is 7.14. The van der Waals surface area contributed by atoms with Crippen LogP contribution in [0.2, 0.25) is 0 Å². The van der Waals surface area contributed by atoms with Crippen molar-refractivity contribution in [1.82, 2.24) is 9.88 Å². The summed E-state index contributed by atoms with van der Waals surface area (Å²) in [4.78, 5) is 18.4. The van der Waals surface area contributed by atoms with Gasteiger partial charge in [0.25, 0.3) is 0 Å². The van der Waals surface area contributed by atoms with Gasteiger partial charge in [-0.25, -0.2) is 4.98 Å². The molecular formula is C17H20N2O2S. The Bertz CT molecular complexity index is 647. The summed E-state index contributed by atoms with van der Waals surface area (Å²) in [6, 6.07) is 7.76. The lowest BCUT2D eigenvalue weighted by molar-refractivity contribution is -0.126. The number of carbonyl (C=O) groups excluding carboxylic acids is 1. The molecule has 0 aliphatic heterocycles. The Morgan fingerprint density at radius 1 is 1.36 bits per heavy atom. The number of benzene rings is 1. The van der Waals surface area contributed by atoms with Crippen molar-refractivity contribution < 1.29 is 9.53 Å². The molecule has 5 heteroatoms. The van der Waals surface area contributed by atoms with Crippen molar-refractivity contribution in [2.45, 2.75) is 20.4 Å². The summed E-state index contributed by atoms with van der Waals surface area (Å²) in [5.74, 6) is 0.806. The van der Waals surface area contributed by atoms with Gasteiger partial charge in [0, 0.05) is 24.5 Å². The van der Waals surface area contributed by atoms with E-state index >= 15 is 0 Å². The number of aryl methyl sites for hydroxylation is 1. The fourth-order valence-electron chi connectivity index (χ4n) is 2.02. The lowest BCUT2D eigenvalue weighted by Gasteiger charge is -2.19. The number of methoxy groups -OCH3 is 1. The molecule has 22 heavy (non-hydrogen) atoms. The number of nitrogens with zero attached hydrogens (tertiary/aromatic N) is 2. The van der Waals surface area contributed by atoms with Crippen molar-refractivity contribution in [2.75, 3.05) is 13.7 Å². The van der Waals surface area contributed by atoms with Crippen LogP contribution in [-0.2, 0) is 11.3 Å². The first kappa shape index (κ1) is 16.2. The van der Waals surface area contributed by atoms with Gasteiger partial charge in [-0.15, -0.1) is 11.3 Å². The fraction of sp³-hybridized carbons (Fsp3) is 0.294. The number of thiazole rings is 1. The highest BCUT2D eigenvalue weighted by atomic mass is 32.1. The minimum absolute atomic E-state index is 0.0102. The van der Waals surface area contributed by atoms with Crippen LogP contribution in [0.15, 0.2) is 35.7 Å². The van der Waals surface area contributed by atoms with E-state index in [2.05, 4.69) is 4.98 Å². The van der Waals surface area contributed by atoms with Crippen LogP contribution >= 0.6 is 11.3 Å². The van der Waals surface area contributed by atoms with E-state index in [1.807, 2.05) is 43.5 Å². The minimum Gasteiger partial charge on any atom is -0.497 e. The molecule has 0 atom stereocenters. The van der Waals surface area contributed by atoms with E-state index in [0.29, 0.717) is 13.1 Å². The van der Waals surface area contributed by atoms with Crippen LogP contribution < -0.4 is 4.74 Å². The monoisotopic (exact) mass is 316 g/mol. The smallest absolute Gasteiger partial charge is 0.246 e. The van der Waals surface area contributed by atoms with Gasteiger partial charge in [-0.1, -0.05) is 12.1 Å². The van der Waals surface area contributed by atoms with Crippen molar-refractivity contribution in [3.63, 3.8) is 0 Å². The van der Waals surface area contributed by atoms with E-state index in [1.165, 1.54) is 0 Å². The second-order valence-corrected chi connectivity index (χ2v) is 5.89. The van der Waals surface area contributed by atoms with Gasteiger partial charge in [0.1, 0.15) is 5.75 Å². The molecule has 0 aliphatic rings. The molecule has 0 radical (unpaired) electrons. The number of hydrogen-bond donors (Lipinski definition) is 0. The first-order valence-corrected chi connectivity index (χ1v) is 8.02. The minimum atomic E-state index is -0.0102. The van der Waals surface area contributed by atoms with Gasteiger partial charge in [-0.3, -0.25) is 4.79 Å². The van der Waals surface area contributed by atoms with E-state index in [9.17, 15) is 4.79 Å². The average molecular weight is 316 g/mol. The Labute approximate surface area is 135 Å². The third kappa shape index (κ3) is 4.43. The molecule has 0 N–H and O–H groups in total. The average Bonchev–Trinajstić information content (AvgIpc) is 2.96. The summed E-state index contributed by atoms with van der Waals surface area (Å²) >= 11 is 1.58. The molecule has 2 aromatic rings. The number of likely N-dealkylation sites (N-methyl/N-ethyl adjacent to an activating group) is 1. The number of aromatic nitrogens is 1. The van der Waals surface area contributed by atoms with E-state index in [-0.39, 0.29) is 5.91 Å². The maximum absolute atomic E-state index is 12.3. The summed E-state index contributed by atoms with van der Waals surface area (Å²) < 4.78 is 5.14. The first-order chi connectivity index (χ1) is 10.6. The lowest BCUT2D eigenvalue weighted by Crippen LogP contribution is -2.28. The highest BCUT2D eigenvalue weighted by molar-refractivity contribution is 7.09. The second-order valence-electron chi connectivity index (χ2n) is 4.83. The van der Waals surface area contributed by atoms with Crippen molar-refractivity contribution in [3.05, 3.63) is 52.0 Å². The number of carbonyl (C=O) groups is 1. The molecule has 1 amide bonds. The topological polar surface area (TPSA) is 42.4 Å². The van der Waals surface area contributed by atoms with Gasteiger partial charge in [0.05, 0.1) is 17.8 Å². The maximum atomic E-state index is 12.3. The van der Waals surface area contributed by atoms with Crippen molar-refractivity contribution in [2.24, 2.45) is 0 Å². The lowest BCUT2D eigenvalue weighted by atomic mass is 10.2. The summed E-state index contributed by atoms with van der Waals surface area (Å²) in [7, 11) is 1.64. The van der Waals surface area contributed by atoms with Crippen LogP contribution in [0.25, 0.3) is 6.08 Å². The Morgan fingerprint density at radius 2 is 2.09 bits per heavy atom. The number of hydrogen-bond acceptors (Lipinski definition) is 4. The Morgan fingerprint density at radius 3 is 2.64 bits per heavy atom. The van der Waals surface area contributed by atoms with Gasteiger partial charge in [-0.2, -0.15) is 0 Å². The summed E-state index contributed by atoms with van der Waals surface area (Å²) in [5, 5.41) is 2.94. The highest BCUT2D eigenvalue weighted by Crippen LogP contribution is 2.14. The summed E-state index contributed by atoms with van der Waals surface area (Å²) in [5.41, 5.74) is 1.91. The molecule has 0 spiro atoms. The van der Waals surface area contributed by atoms with Crippen molar-refractivity contribution in [3.8, 4) is 5.75 Å². The maximum Gasteiger partial charge on any atom is 0.246 e. The van der Waals surface area contributed by atoms with Crippen molar-refractivity contribution in [1.29, 1.82) is 0 Å². The van der Waals surface area contributed by atoms with Crippen molar-refractivity contribution >= 4 is 23.3 Å². The molecule has 0 saturated carbocycles. The molecule has 4 nitrogen and oxygen atoms in total. The molecule has 0 bridgehead atoms. The molecule has 1 aromatic carbocycles. The van der Waals surface area contributed by atoms with E-state index in [1.54, 1.807) is 35.5 Å². The third-order valence-electron chi connectivity index (χ3n) is 3.26. The number of ether oxygens (including phenoxy) is 1. The standard InChI is InChI=1S/C17H20N2O2S/c1-4-19(11-14-5-8-16(21-3)9-6-14)17(20)10-7-15-12-22-13(2)18-15/h5-10,12H,4,11H2,1-3H3/b10-7+. The summed E-state index contributed by atoms with van der Waals surface area (Å²) in [6.45, 7) is 5.17. The predicted octanol–water partition coefficient (Wildman–Crippen LogP) is 3.52. The van der Waals surface area contributed by atoms with E-state index in [4.69, 9.17) is 4.74 Å². The van der Waals surface area contributed by atoms with E-state index in [0.717, 1.165) is 22.0 Å². The van der Waals surface area contributed by atoms with Crippen LogP contribution in [0, 0.1) is 6.92 Å². The molecule has 116 valence electrons. The zero-order valence-electron chi connectivity index (χ0n) is 13.1. The number of rotatable bonds is 6. The van der Waals surface area contributed by atoms with Gasteiger partial charge < -0.3 is 9.64 Å². The third-order valence-corrected chi connectivity index (χ3v) is 4.05. The molecule has 2 rings (SSSR count). The summed E-state index contributed by atoms with van der Waals surface area (Å²) in [6.07, 6.45) is 3.35. The predicted molar refractivity (Wildman–Crippen MR) is 90.0 cm³/mol. The highest BCUT2D eigenvalue weighted by Gasteiger charge is 2.09. The zero-order valence-corrected chi connectivity index (χ0v) is 13.9. The largest absolute Gasteiger partial charge is 0.497 e. The van der Waals surface area contributed by atoms with Crippen LogP contribution in [0.5, 0.6) is 5.75 Å². The SMILES string of the molecule is CCN(Cc1ccc(OC)cc1)C(=O)/C=C/c1csc(C)n1. The Hall–Kier alpha value is -2.14. The van der Waals surface area contributed by atoms with E-state index < -0.39 is 0 Å². The van der Waals surface area contributed by atoms with Crippen LogP contribution in [0.3, 0.4) is 0 Å². The van der Waals surface area contributed by atoms with Crippen LogP contribution in [0.4, 0.5) is 0 Å². The molecule has 0 unspecified atom stereocenters. The Kier molecular flexibility index (Phi) is 5.72. The van der Waals surface area contributed by atoms with Gasteiger partial charge in [0.2, 0.25) is 5.91 Å². The molecule has 1 heterocycles. The number of amides is 1. The molecule has 0 aliphatic carbocycles. The molecule has 0 fully saturated rings. The fourth-order valence-corrected chi connectivity index (χ4v) is 2.60. The zero-order chi connectivity index (χ0) is 15.9. The van der Waals surface area contributed by atoms with Crippen LogP contribution in [-0.4, -0.2) is 29.4 Å².